The van der Waals surface area contributed by atoms with Crippen LogP contribution in [-0.4, -0.2) is 56.0 Å². The van der Waals surface area contributed by atoms with Crippen molar-refractivity contribution in [2.75, 3.05) is 44.2 Å². The standard InChI is InChI=1S/C19H29N3O3/c1-4-21(5-2)11-10-20-18(23)8-9-19(24)22-12-13-25-17-7-6-15(3)14-16(17)22/h6-7,14H,4-5,8-13H2,1-3H3,(H,20,23). The van der Waals surface area contributed by atoms with Gasteiger partial charge in [0.1, 0.15) is 12.4 Å². The second-order valence-electron chi connectivity index (χ2n) is 6.24. The molecule has 1 aliphatic heterocycles. The van der Waals surface area contributed by atoms with Crippen molar-refractivity contribution in [2.45, 2.75) is 33.6 Å². The van der Waals surface area contributed by atoms with Crippen molar-refractivity contribution in [3.8, 4) is 5.75 Å². The second kappa shape index (κ2) is 9.42. The van der Waals surface area contributed by atoms with E-state index in [1.54, 1.807) is 4.90 Å². The fourth-order valence-electron chi connectivity index (χ4n) is 2.92. The van der Waals surface area contributed by atoms with Crippen molar-refractivity contribution >= 4 is 17.5 Å². The Labute approximate surface area is 150 Å². The fourth-order valence-corrected chi connectivity index (χ4v) is 2.92. The Morgan fingerprint density at radius 2 is 2.00 bits per heavy atom. The Bertz CT molecular complexity index is 600. The van der Waals surface area contributed by atoms with Crippen molar-refractivity contribution in [2.24, 2.45) is 0 Å². The average Bonchev–Trinajstić information content (AvgIpc) is 2.62. The molecule has 0 spiro atoms. The van der Waals surface area contributed by atoms with Crippen LogP contribution >= 0.6 is 0 Å². The molecule has 25 heavy (non-hydrogen) atoms. The lowest BCUT2D eigenvalue weighted by atomic mass is 10.1. The van der Waals surface area contributed by atoms with E-state index in [1.807, 2.05) is 25.1 Å². The smallest absolute Gasteiger partial charge is 0.227 e. The van der Waals surface area contributed by atoms with Crippen LogP contribution in [-0.2, 0) is 9.59 Å². The number of benzene rings is 1. The molecule has 1 aromatic carbocycles. The van der Waals surface area contributed by atoms with Gasteiger partial charge in [-0.3, -0.25) is 9.59 Å². The number of nitrogens with one attached hydrogen (secondary N) is 1. The number of likely N-dealkylation sites (N-methyl/N-ethyl adjacent to an activating group) is 1. The van der Waals surface area contributed by atoms with Crippen LogP contribution < -0.4 is 15.0 Å². The average molecular weight is 347 g/mol. The minimum Gasteiger partial charge on any atom is -0.490 e. The molecule has 2 amide bonds. The van der Waals surface area contributed by atoms with E-state index in [2.05, 4.69) is 24.1 Å². The molecule has 138 valence electrons. The summed E-state index contributed by atoms with van der Waals surface area (Å²) in [6, 6.07) is 5.82. The third-order valence-electron chi connectivity index (χ3n) is 4.49. The highest BCUT2D eigenvalue weighted by atomic mass is 16.5. The molecule has 6 heteroatoms. The van der Waals surface area contributed by atoms with Crippen molar-refractivity contribution in [1.29, 1.82) is 0 Å². The monoisotopic (exact) mass is 347 g/mol. The van der Waals surface area contributed by atoms with Gasteiger partial charge in [-0.15, -0.1) is 0 Å². The molecule has 0 unspecified atom stereocenters. The molecular weight excluding hydrogens is 318 g/mol. The van der Waals surface area contributed by atoms with Gasteiger partial charge < -0.3 is 19.9 Å². The van der Waals surface area contributed by atoms with E-state index in [1.165, 1.54) is 0 Å². The van der Waals surface area contributed by atoms with Gasteiger partial charge in [0, 0.05) is 25.9 Å². The van der Waals surface area contributed by atoms with Crippen LogP contribution in [0.4, 0.5) is 5.69 Å². The first-order valence-corrected chi connectivity index (χ1v) is 9.08. The van der Waals surface area contributed by atoms with E-state index in [0.717, 1.165) is 36.6 Å². The number of carbonyl (C=O) groups excluding carboxylic acids is 2. The third kappa shape index (κ3) is 5.46. The molecule has 1 aliphatic rings. The Morgan fingerprint density at radius 1 is 1.24 bits per heavy atom. The van der Waals surface area contributed by atoms with Crippen molar-refractivity contribution in [1.82, 2.24) is 10.2 Å². The maximum Gasteiger partial charge on any atom is 0.227 e. The third-order valence-corrected chi connectivity index (χ3v) is 4.49. The Balaban J connectivity index is 1.81. The molecule has 0 aliphatic carbocycles. The zero-order valence-electron chi connectivity index (χ0n) is 15.5. The van der Waals surface area contributed by atoms with E-state index < -0.39 is 0 Å². The maximum absolute atomic E-state index is 12.5. The quantitative estimate of drug-likeness (QED) is 0.781. The van der Waals surface area contributed by atoms with Gasteiger partial charge in [-0.25, -0.2) is 0 Å². The zero-order chi connectivity index (χ0) is 18.2. The number of fused-ring (bicyclic) bond motifs is 1. The second-order valence-corrected chi connectivity index (χ2v) is 6.24. The Morgan fingerprint density at radius 3 is 2.72 bits per heavy atom. The number of nitrogens with zero attached hydrogens (tertiary/aromatic N) is 2. The molecular formula is C19H29N3O3. The normalized spacial score (nSPS) is 13.4. The molecule has 2 rings (SSSR count). The molecule has 0 bridgehead atoms. The van der Waals surface area contributed by atoms with Gasteiger partial charge in [-0.1, -0.05) is 19.9 Å². The van der Waals surface area contributed by atoms with Gasteiger partial charge in [0.15, 0.2) is 0 Å². The van der Waals surface area contributed by atoms with E-state index in [0.29, 0.717) is 19.7 Å². The van der Waals surface area contributed by atoms with Crippen LogP contribution in [0.25, 0.3) is 0 Å². The molecule has 1 N–H and O–H groups in total. The van der Waals surface area contributed by atoms with Crippen LogP contribution in [0.3, 0.4) is 0 Å². The first-order valence-electron chi connectivity index (χ1n) is 9.08. The van der Waals surface area contributed by atoms with Crippen LogP contribution in [0.15, 0.2) is 18.2 Å². The van der Waals surface area contributed by atoms with Crippen LogP contribution in [0.2, 0.25) is 0 Å². The summed E-state index contributed by atoms with van der Waals surface area (Å²) < 4.78 is 5.60. The first-order chi connectivity index (χ1) is 12.0. The van der Waals surface area contributed by atoms with Gasteiger partial charge >= 0.3 is 0 Å². The van der Waals surface area contributed by atoms with Crippen LogP contribution in [0.1, 0.15) is 32.3 Å². The Kier molecular flexibility index (Phi) is 7.25. The molecule has 0 radical (unpaired) electrons. The highest BCUT2D eigenvalue weighted by molar-refractivity contribution is 5.97. The van der Waals surface area contributed by atoms with E-state index in [4.69, 9.17) is 4.74 Å². The summed E-state index contributed by atoms with van der Waals surface area (Å²) in [5.41, 5.74) is 1.88. The molecule has 0 atom stereocenters. The Hall–Kier alpha value is -2.08. The minimum atomic E-state index is -0.0711. The topological polar surface area (TPSA) is 61.9 Å². The molecule has 0 saturated heterocycles. The number of ether oxygens (including phenoxy) is 1. The summed E-state index contributed by atoms with van der Waals surface area (Å²) in [5, 5.41) is 2.89. The number of rotatable bonds is 8. The molecule has 6 nitrogen and oxygen atoms in total. The lowest BCUT2D eigenvalue weighted by Gasteiger charge is -2.30. The number of amides is 2. The molecule has 1 heterocycles. The van der Waals surface area contributed by atoms with Gasteiger partial charge in [0.25, 0.3) is 0 Å². The largest absolute Gasteiger partial charge is 0.490 e. The van der Waals surface area contributed by atoms with E-state index in [-0.39, 0.29) is 24.7 Å². The summed E-state index contributed by atoms with van der Waals surface area (Å²) in [5.74, 6) is 0.626. The SMILES string of the molecule is CCN(CC)CCNC(=O)CCC(=O)N1CCOc2ccc(C)cc21. The lowest BCUT2D eigenvalue weighted by Crippen LogP contribution is -2.39. The van der Waals surface area contributed by atoms with Crippen LogP contribution in [0, 0.1) is 6.92 Å². The summed E-state index contributed by atoms with van der Waals surface area (Å²) in [6.45, 7) is 10.6. The summed E-state index contributed by atoms with van der Waals surface area (Å²) in [7, 11) is 0. The fraction of sp³-hybridized carbons (Fsp3) is 0.579. The lowest BCUT2D eigenvalue weighted by molar-refractivity contribution is -0.125. The van der Waals surface area contributed by atoms with Gasteiger partial charge in [0.2, 0.25) is 11.8 Å². The minimum absolute atomic E-state index is 0.0333. The highest BCUT2D eigenvalue weighted by Gasteiger charge is 2.24. The van der Waals surface area contributed by atoms with Crippen molar-refractivity contribution in [3.05, 3.63) is 23.8 Å². The number of hydrogen-bond acceptors (Lipinski definition) is 4. The van der Waals surface area contributed by atoms with Crippen molar-refractivity contribution in [3.63, 3.8) is 0 Å². The number of carbonyl (C=O) groups is 2. The highest BCUT2D eigenvalue weighted by Crippen LogP contribution is 2.32. The number of hydrogen-bond donors (Lipinski definition) is 1. The summed E-state index contributed by atoms with van der Waals surface area (Å²) in [6.07, 6.45) is 0.431. The summed E-state index contributed by atoms with van der Waals surface area (Å²) >= 11 is 0. The first kappa shape index (κ1) is 19.2. The van der Waals surface area contributed by atoms with E-state index in [9.17, 15) is 9.59 Å². The van der Waals surface area contributed by atoms with E-state index >= 15 is 0 Å². The molecule has 0 saturated carbocycles. The predicted octanol–water partition coefficient (Wildman–Crippen LogP) is 1.96. The molecule has 0 fully saturated rings. The van der Waals surface area contributed by atoms with Crippen LogP contribution in [0.5, 0.6) is 5.75 Å². The summed E-state index contributed by atoms with van der Waals surface area (Å²) in [4.78, 5) is 28.5. The maximum atomic E-state index is 12.5. The number of aryl methyl sites for hydroxylation is 1. The van der Waals surface area contributed by atoms with Gasteiger partial charge in [0.05, 0.1) is 12.2 Å². The van der Waals surface area contributed by atoms with Gasteiger partial charge in [-0.05, 0) is 37.7 Å². The number of anilines is 1. The molecule has 0 aromatic heterocycles. The van der Waals surface area contributed by atoms with Crippen molar-refractivity contribution < 1.29 is 14.3 Å². The van der Waals surface area contributed by atoms with Gasteiger partial charge in [-0.2, -0.15) is 0 Å². The predicted molar refractivity (Wildman–Crippen MR) is 99.1 cm³/mol. The molecule has 1 aromatic rings. The zero-order valence-corrected chi connectivity index (χ0v) is 15.5.